The number of aryl methyl sites for hydroxylation is 1. The fraction of sp³-hybridized carbons (Fsp3) is 0.636. The number of imidazole rings is 1. The minimum absolute atomic E-state index is 0.485. The number of morpholine rings is 1. The molecular weight excluding hydrogens is 364 g/mol. The number of rotatable bonds is 8. The van der Waals surface area contributed by atoms with Gasteiger partial charge in [0.05, 0.1) is 24.2 Å². The number of aliphatic imine (C=N–C) groups is 1. The summed E-state index contributed by atoms with van der Waals surface area (Å²) in [7, 11) is 2.05. The molecule has 1 saturated heterocycles. The molecule has 160 valence electrons. The van der Waals surface area contributed by atoms with Gasteiger partial charge in [0, 0.05) is 39.3 Å². The number of aromatic nitrogens is 2. The molecule has 3 rings (SSSR count). The van der Waals surface area contributed by atoms with Crippen molar-refractivity contribution in [3.05, 3.63) is 30.1 Å². The molecule has 1 fully saturated rings. The second-order valence-electron chi connectivity index (χ2n) is 8.08. The molecule has 7 heteroatoms. The maximum Gasteiger partial charge on any atom is 0.191 e. The normalized spacial score (nSPS) is 17.1. The first-order chi connectivity index (χ1) is 14.1. The summed E-state index contributed by atoms with van der Waals surface area (Å²) < 4.78 is 7.66. The van der Waals surface area contributed by atoms with E-state index in [1.165, 1.54) is 0 Å². The number of fused-ring (bicyclic) bond motifs is 1. The SMILES string of the molecule is CCNC(=NCc1nc2ccccc2n1C)NCC(CC(C)C)N1CCOCC1. The molecule has 0 radical (unpaired) electrons. The Morgan fingerprint density at radius 1 is 1.21 bits per heavy atom. The quantitative estimate of drug-likeness (QED) is 0.526. The maximum absolute atomic E-state index is 5.54. The molecule has 1 unspecified atom stereocenters. The van der Waals surface area contributed by atoms with Gasteiger partial charge in [-0.15, -0.1) is 0 Å². The molecule has 1 aliphatic rings. The Bertz CT molecular complexity index is 794. The van der Waals surface area contributed by atoms with E-state index >= 15 is 0 Å². The summed E-state index contributed by atoms with van der Waals surface area (Å²) in [4.78, 5) is 12.1. The number of guanidine groups is 1. The summed E-state index contributed by atoms with van der Waals surface area (Å²) in [5.41, 5.74) is 2.16. The fourth-order valence-electron chi connectivity index (χ4n) is 3.89. The molecule has 2 aromatic rings. The van der Waals surface area contributed by atoms with Crippen LogP contribution in [0.5, 0.6) is 0 Å². The van der Waals surface area contributed by atoms with E-state index in [0.717, 1.165) is 68.6 Å². The zero-order valence-electron chi connectivity index (χ0n) is 18.3. The van der Waals surface area contributed by atoms with Crippen molar-refractivity contribution < 1.29 is 4.74 Å². The number of hydrogen-bond acceptors (Lipinski definition) is 4. The Morgan fingerprint density at radius 2 is 1.97 bits per heavy atom. The van der Waals surface area contributed by atoms with Crippen molar-refractivity contribution in [2.75, 3.05) is 39.4 Å². The van der Waals surface area contributed by atoms with Crippen LogP contribution >= 0.6 is 0 Å². The lowest BCUT2D eigenvalue weighted by Gasteiger charge is -2.35. The molecule has 0 aliphatic carbocycles. The van der Waals surface area contributed by atoms with Crippen LogP contribution in [0.4, 0.5) is 0 Å². The summed E-state index contributed by atoms with van der Waals surface area (Å²) in [5, 5.41) is 6.94. The van der Waals surface area contributed by atoms with Crippen molar-refractivity contribution in [1.82, 2.24) is 25.1 Å². The number of hydrogen-bond donors (Lipinski definition) is 2. The molecule has 1 aromatic heterocycles. The number of nitrogens with zero attached hydrogens (tertiary/aromatic N) is 4. The lowest BCUT2D eigenvalue weighted by atomic mass is 10.0. The van der Waals surface area contributed by atoms with E-state index in [0.29, 0.717) is 18.5 Å². The summed E-state index contributed by atoms with van der Waals surface area (Å²) >= 11 is 0. The third kappa shape index (κ3) is 5.93. The Balaban J connectivity index is 1.66. The smallest absolute Gasteiger partial charge is 0.191 e. The lowest BCUT2D eigenvalue weighted by molar-refractivity contribution is 0.0132. The largest absolute Gasteiger partial charge is 0.379 e. The highest BCUT2D eigenvalue weighted by Gasteiger charge is 2.22. The van der Waals surface area contributed by atoms with Gasteiger partial charge in [-0.2, -0.15) is 0 Å². The highest BCUT2D eigenvalue weighted by Crippen LogP contribution is 2.15. The van der Waals surface area contributed by atoms with E-state index in [1.807, 2.05) is 18.2 Å². The first kappa shape index (κ1) is 21.6. The molecule has 1 aromatic carbocycles. The van der Waals surface area contributed by atoms with Crippen LogP contribution in [-0.2, 0) is 18.3 Å². The molecule has 2 N–H and O–H groups in total. The van der Waals surface area contributed by atoms with Gasteiger partial charge in [-0.3, -0.25) is 4.90 Å². The average molecular weight is 401 g/mol. The molecule has 0 bridgehead atoms. The summed E-state index contributed by atoms with van der Waals surface area (Å²) in [6.45, 7) is 12.6. The van der Waals surface area contributed by atoms with E-state index in [-0.39, 0.29) is 0 Å². The third-order valence-corrected chi connectivity index (χ3v) is 5.41. The van der Waals surface area contributed by atoms with Gasteiger partial charge in [0.25, 0.3) is 0 Å². The summed E-state index contributed by atoms with van der Waals surface area (Å²) in [5.74, 6) is 2.47. The van der Waals surface area contributed by atoms with Crippen LogP contribution < -0.4 is 10.6 Å². The van der Waals surface area contributed by atoms with E-state index in [2.05, 4.69) is 54.0 Å². The van der Waals surface area contributed by atoms with Crippen LogP contribution in [0.25, 0.3) is 11.0 Å². The Kier molecular flexibility index (Phi) is 7.89. The highest BCUT2D eigenvalue weighted by molar-refractivity contribution is 5.80. The topological polar surface area (TPSA) is 66.7 Å². The van der Waals surface area contributed by atoms with Crippen molar-refractivity contribution in [2.24, 2.45) is 18.0 Å². The van der Waals surface area contributed by atoms with Gasteiger partial charge in [0.2, 0.25) is 0 Å². The van der Waals surface area contributed by atoms with E-state index in [1.54, 1.807) is 0 Å². The number of benzene rings is 1. The molecule has 29 heavy (non-hydrogen) atoms. The molecule has 0 amide bonds. The second kappa shape index (κ2) is 10.6. The second-order valence-corrected chi connectivity index (χ2v) is 8.08. The van der Waals surface area contributed by atoms with Gasteiger partial charge in [0.1, 0.15) is 12.4 Å². The van der Waals surface area contributed by atoms with Gasteiger partial charge >= 0.3 is 0 Å². The van der Waals surface area contributed by atoms with Crippen molar-refractivity contribution in [3.8, 4) is 0 Å². The number of para-hydroxylation sites is 2. The molecule has 7 nitrogen and oxygen atoms in total. The first-order valence-electron chi connectivity index (χ1n) is 10.8. The first-order valence-corrected chi connectivity index (χ1v) is 10.8. The zero-order valence-corrected chi connectivity index (χ0v) is 18.3. The highest BCUT2D eigenvalue weighted by atomic mass is 16.5. The lowest BCUT2D eigenvalue weighted by Crippen LogP contribution is -2.51. The Morgan fingerprint density at radius 3 is 2.66 bits per heavy atom. The van der Waals surface area contributed by atoms with Gasteiger partial charge < -0.3 is 19.9 Å². The average Bonchev–Trinajstić information content (AvgIpc) is 3.05. The van der Waals surface area contributed by atoms with Crippen molar-refractivity contribution in [1.29, 1.82) is 0 Å². The van der Waals surface area contributed by atoms with Gasteiger partial charge in [-0.05, 0) is 31.4 Å². The van der Waals surface area contributed by atoms with Crippen molar-refractivity contribution >= 4 is 17.0 Å². The van der Waals surface area contributed by atoms with Crippen LogP contribution in [0.3, 0.4) is 0 Å². The molecular formula is C22H36N6O. The van der Waals surface area contributed by atoms with Crippen molar-refractivity contribution in [2.45, 2.75) is 39.8 Å². The summed E-state index contributed by atoms with van der Waals surface area (Å²) in [6.07, 6.45) is 1.16. The van der Waals surface area contributed by atoms with Crippen LogP contribution in [0.2, 0.25) is 0 Å². The van der Waals surface area contributed by atoms with Crippen LogP contribution in [0, 0.1) is 5.92 Å². The minimum atomic E-state index is 0.485. The maximum atomic E-state index is 5.54. The van der Waals surface area contributed by atoms with E-state index in [4.69, 9.17) is 14.7 Å². The molecule has 1 aliphatic heterocycles. The van der Waals surface area contributed by atoms with Gasteiger partial charge in [-0.25, -0.2) is 9.98 Å². The van der Waals surface area contributed by atoms with Crippen LogP contribution in [0.15, 0.2) is 29.3 Å². The monoisotopic (exact) mass is 400 g/mol. The minimum Gasteiger partial charge on any atom is -0.379 e. The fourth-order valence-corrected chi connectivity index (χ4v) is 3.89. The zero-order chi connectivity index (χ0) is 20.6. The molecule has 2 heterocycles. The summed E-state index contributed by atoms with van der Waals surface area (Å²) in [6, 6.07) is 8.69. The van der Waals surface area contributed by atoms with Gasteiger partial charge in [0.15, 0.2) is 5.96 Å². The molecule has 0 spiro atoms. The van der Waals surface area contributed by atoms with Crippen molar-refractivity contribution in [3.63, 3.8) is 0 Å². The van der Waals surface area contributed by atoms with Crippen LogP contribution in [0.1, 0.15) is 33.0 Å². The van der Waals surface area contributed by atoms with Crippen LogP contribution in [-0.4, -0.2) is 65.8 Å². The molecule has 1 atom stereocenters. The van der Waals surface area contributed by atoms with E-state index in [9.17, 15) is 0 Å². The molecule has 0 saturated carbocycles. The Hall–Kier alpha value is -2.12. The van der Waals surface area contributed by atoms with E-state index < -0.39 is 0 Å². The predicted molar refractivity (Wildman–Crippen MR) is 119 cm³/mol. The standard InChI is InChI=1S/C22H36N6O/c1-5-23-22(24-15-18(14-17(2)3)28-10-12-29-13-11-28)25-16-21-26-19-8-6-7-9-20(19)27(21)4/h6-9,17-18H,5,10-16H2,1-4H3,(H2,23,24,25). The number of ether oxygens (including phenoxy) is 1. The third-order valence-electron chi connectivity index (χ3n) is 5.41. The van der Waals surface area contributed by atoms with Gasteiger partial charge in [-0.1, -0.05) is 26.0 Å². The number of nitrogens with one attached hydrogen (secondary N) is 2. The Labute approximate surface area is 174 Å². The predicted octanol–water partition coefficient (Wildman–Crippen LogP) is 2.38.